The maximum absolute atomic E-state index is 10.5. The molecule has 0 atom stereocenters. The van der Waals surface area contributed by atoms with Gasteiger partial charge in [-0.05, 0) is 11.6 Å². The molecule has 62 valence electrons. The van der Waals surface area contributed by atoms with Crippen molar-refractivity contribution in [2.75, 3.05) is 5.23 Å². The maximum atomic E-state index is 10.5. The monoisotopic (exact) mass is 163 g/mol. The van der Waals surface area contributed by atoms with Crippen LogP contribution in [0.4, 0.5) is 5.69 Å². The molecule has 0 amide bonds. The summed E-state index contributed by atoms with van der Waals surface area (Å²) in [4.78, 5) is 0. The molecule has 0 aliphatic rings. The molecule has 0 aliphatic carbocycles. The summed E-state index contributed by atoms with van der Waals surface area (Å²) in [5, 5.41) is 27.2. The van der Waals surface area contributed by atoms with Crippen molar-refractivity contribution in [3.8, 4) is 6.07 Å². The number of hydrogen-bond donors (Lipinski definition) is 1. The van der Waals surface area contributed by atoms with Crippen molar-refractivity contribution in [1.82, 2.24) is 0 Å². The van der Waals surface area contributed by atoms with Gasteiger partial charge in [0.1, 0.15) is 0 Å². The van der Waals surface area contributed by atoms with Gasteiger partial charge in [-0.3, -0.25) is 5.21 Å². The third kappa shape index (κ3) is 1.72. The number of hydrogen-bond acceptors (Lipinski definition) is 4. The molecule has 0 aliphatic heterocycles. The van der Waals surface area contributed by atoms with E-state index in [9.17, 15) is 5.21 Å². The molecule has 1 rings (SSSR count). The lowest BCUT2D eigenvalue weighted by Gasteiger charge is -2.23. The summed E-state index contributed by atoms with van der Waals surface area (Å²) >= 11 is 0. The number of benzene rings is 1. The predicted molar refractivity (Wildman–Crippen MR) is 43.4 cm³/mol. The molecule has 0 saturated heterocycles. The van der Waals surface area contributed by atoms with E-state index in [1.807, 2.05) is 6.07 Å². The van der Waals surface area contributed by atoms with Crippen LogP contribution >= 0.6 is 0 Å². The molecule has 0 saturated carbocycles. The highest BCUT2D eigenvalue weighted by molar-refractivity contribution is 5.52. The molecule has 0 heterocycles. The zero-order valence-corrected chi connectivity index (χ0v) is 6.27. The summed E-state index contributed by atoms with van der Waals surface area (Å²) in [6.07, 6.45) is 0.121. The van der Waals surface area contributed by atoms with Gasteiger partial charge in [0.25, 0.3) is 0 Å². The zero-order chi connectivity index (χ0) is 8.97. The van der Waals surface area contributed by atoms with Crippen LogP contribution in [-0.4, -0.2) is 5.21 Å². The van der Waals surface area contributed by atoms with Crippen molar-refractivity contribution < 1.29 is 5.21 Å². The van der Waals surface area contributed by atoms with E-state index in [0.29, 0.717) is 5.56 Å². The molecule has 1 N–H and O–H groups in total. The van der Waals surface area contributed by atoms with Crippen LogP contribution in [0.3, 0.4) is 0 Å². The van der Waals surface area contributed by atoms with E-state index >= 15 is 0 Å². The van der Waals surface area contributed by atoms with Crippen LogP contribution in [0.5, 0.6) is 0 Å². The first-order valence-corrected chi connectivity index (χ1v) is 3.36. The lowest BCUT2D eigenvalue weighted by Crippen LogP contribution is -2.09. The highest BCUT2D eigenvalue weighted by atomic mass is 16.8. The Bertz CT molecular complexity index is 304. The van der Waals surface area contributed by atoms with Crippen molar-refractivity contribution in [1.29, 1.82) is 5.26 Å². The van der Waals surface area contributed by atoms with E-state index in [1.54, 1.807) is 18.2 Å². The molecule has 4 nitrogen and oxygen atoms in total. The van der Waals surface area contributed by atoms with Gasteiger partial charge in [0.05, 0.1) is 18.2 Å². The number of para-hydroxylation sites is 1. The Labute approximate surface area is 69.8 Å². The molecule has 0 aromatic heterocycles. The van der Waals surface area contributed by atoms with Crippen molar-refractivity contribution in [2.45, 2.75) is 6.42 Å². The molecule has 12 heavy (non-hydrogen) atoms. The van der Waals surface area contributed by atoms with Gasteiger partial charge in [0, 0.05) is 0 Å². The average Bonchev–Trinajstić information content (AvgIpc) is 2.05. The largest absolute Gasteiger partial charge is 0.733 e. The highest BCUT2D eigenvalue weighted by Gasteiger charge is 1.99. The number of nitrogens with zero attached hydrogens (tertiary/aromatic N) is 2. The van der Waals surface area contributed by atoms with Crippen LogP contribution < -0.4 is 5.23 Å². The van der Waals surface area contributed by atoms with Crippen LogP contribution in [0.2, 0.25) is 0 Å². The predicted octanol–water partition coefficient (Wildman–Crippen LogP) is 1.45. The Morgan fingerprint density at radius 2 is 2.17 bits per heavy atom. The fraction of sp³-hybridized carbons (Fsp3) is 0.125. The Kier molecular flexibility index (Phi) is 2.64. The Balaban J connectivity index is 3.02. The average molecular weight is 163 g/mol. The molecule has 0 fully saturated rings. The second-order valence-electron chi connectivity index (χ2n) is 2.24. The van der Waals surface area contributed by atoms with E-state index in [2.05, 4.69) is 0 Å². The molecular weight excluding hydrogens is 156 g/mol. The van der Waals surface area contributed by atoms with E-state index < -0.39 is 0 Å². The highest BCUT2D eigenvalue weighted by Crippen LogP contribution is 2.17. The summed E-state index contributed by atoms with van der Waals surface area (Å²) in [7, 11) is 0. The fourth-order valence-corrected chi connectivity index (χ4v) is 0.932. The lowest BCUT2D eigenvalue weighted by molar-refractivity contribution is 0.296. The minimum atomic E-state index is -0.229. The van der Waals surface area contributed by atoms with Gasteiger partial charge in [0.2, 0.25) is 0 Å². The normalized spacial score (nSPS) is 9.08. The first kappa shape index (κ1) is 8.53. The lowest BCUT2D eigenvalue weighted by atomic mass is 10.1. The van der Waals surface area contributed by atoms with Gasteiger partial charge in [0.15, 0.2) is 0 Å². The van der Waals surface area contributed by atoms with Gasteiger partial charge in [-0.1, -0.05) is 18.2 Å². The fourth-order valence-electron chi connectivity index (χ4n) is 0.932. The van der Waals surface area contributed by atoms with Crippen LogP contribution in [0.25, 0.3) is 0 Å². The molecule has 4 heteroatoms. The standard InChI is InChI=1S/C8H7N2O2/c9-6-5-7-3-1-2-4-8(7)10(11)12/h1-4,11H,5H2/q-1. The molecule has 0 spiro atoms. The van der Waals surface area contributed by atoms with Crippen LogP contribution in [0, 0.1) is 16.5 Å². The van der Waals surface area contributed by atoms with Gasteiger partial charge < -0.3 is 10.4 Å². The summed E-state index contributed by atoms with van der Waals surface area (Å²) in [5.74, 6) is 0. The third-order valence-corrected chi connectivity index (χ3v) is 1.47. The Hall–Kier alpha value is -1.57. The van der Waals surface area contributed by atoms with Crippen molar-refractivity contribution in [2.24, 2.45) is 0 Å². The molecule has 0 bridgehead atoms. The van der Waals surface area contributed by atoms with Crippen LogP contribution in [-0.2, 0) is 6.42 Å². The van der Waals surface area contributed by atoms with Gasteiger partial charge in [-0.25, -0.2) is 0 Å². The van der Waals surface area contributed by atoms with Gasteiger partial charge in [-0.2, -0.15) is 5.26 Å². The van der Waals surface area contributed by atoms with E-state index in [-0.39, 0.29) is 17.3 Å². The molecule has 1 aromatic carbocycles. The summed E-state index contributed by atoms with van der Waals surface area (Å²) in [6, 6.07) is 8.32. The maximum Gasteiger partial charge on any atom is 0.0670 e. The molecule has 0 radical (unpaired) electrons. The summed E-state index contributed by atoms with van der Waals surface area (Å²) in [5.41, 5.74) is 0.650. The SMILES string of the molecule is N#CCc1ccccc1N([O-])O. The third-order valence-electron chi connectivity index (χ3n) is 1.47. The minimum absolute atomic E-state index is 0.121. The Morgan fingerprint density at radius 3 is 2.75 bits per heavy atom. The summed E-state index contributed by atoms with van der Waals surface area (Å²) < 4.78 is 0. The first-order valence-electron chi connectivity index (χ1n) is 3.36. The summed E-state index contributed by atoms with van der Waals surface area (Å²) in [6.45, 7) is 0. The van der Waals surface area contributed by atoms with E-state index in [4.69, 9.17) is 10.5 Å². The molecular formula is C8H7N2O2-. The van der Waals surface area contributed by atoms with Gasteiger partial charge >= 0.3 is 0 Å². The van der Waals surface area contributed by atoms with Crippen LogP contribution in [0.15, 0.2) is 24.3 Å². The van der Waals surface area contributed by atoms with E-state index in [1.165, 1.54) is 6.07 Å². The first-order chi connectivity index (χ1) is 5.75. The van der Waals surface area contributed by atoms with Gasteiger partial charge in [-0.15, -0.1) is 0 Å². The molecule has 1 aromatic rings. The number of nitriles is 1. The Morgan fingerprint density at radius 1 is 1.50 bits per heavy atom. The second kappa shape index (κ2) is 3.72. The number of rotatable bonds is 2. The van der Waals surface area contributed by atoms with E-state index in [0.717, 1.165) is 0 Å². The topological polar surface area (TPSA) is 70.3 Å². The number of anilines is 1. The van der Waals surface area contributed by atoms with Crippen molar-refractivity contribution in [3.05, 3.63) is 35.0 Å². The zero-order valence-electron chi connectivity index (χ0n) is 6.27. The van der Waals surface area contributed by atoms with Crippen molar-refractivity contribution >= 4 is 5.69 Å². The quantitative estimate of drug-likeness (QED) is 0.670. The molecule has 0 unspecified atom stereocenters. The second-order valence-corrected chi connectivity index (χ2v) is 2.24. The minimum Gasteiger partial charge on any atom is -0.733 e. The van der Waals surface area contributed by atoms with Crippen LogP contribution in [0.1, 0.15) is 5.56 Å². The smallest absolute Gasteiger partial charge is 0.0670 e. The van der Waals surface area contributed by atoms with Crippen molar-refractivity contribution in [3.63, 3.8) is 0 Å².